The van der Waals surface area contributed by atoms with E-state index in [1.165, 1.54) is 12.7 Å². The van der Waals surface area contributed by atoms with Crippen LogP contribution >= 0.6 is 0 Å². The Balaban J connectivity index is 1.43. The normalized spacial score (nSPS) is 16.9. The van der Waals surface area contributed by atoms with E-state index in [0.29, 0.717) is 26.1 Å². The van der Waals surface area contributed by atoms with Crippen molar-refractivity contribution in [2.45, 2.75) is 45.1 Å². The molecule has 1 aromatic carbocycles. The van der Waals surface area contributed by atoms with Crippen molar-refractivity contribution in [1.29, 1.82) is 0 Å². The average Bonchev–Trinajstić information content (AvgIpc) is 3.21. The number of guanidine groups is 1. The lowest BCUT2D eigenvalue weighted by Crippen LogP contribution is -2.49. The Morgan fingerprint density at radius 3 is 2.70 bits per heavy atom. The summed E-state index contributed by atoms with van der Waals surface area (Å²) in [6, 6.07) is 8.40. The van der Waals surface area contributed by atoms with Crippen molar-refractivity contribution in [2.75, 3.05) is 44.7 Å². The molecule has 3 rings (SSSR count). The smallest absolute Gasteiger partial charge is 0.409 e. The number of para-hydroxylation sites is 1. The van der Waals surface area contributed by atoms with E-state index in [1.807, 2.05) is 30.0 Å². The molecule has 0 unspecified atom stereocenters. The number of carbonyl (C=O) groups is 2. The number of benzene rings is 1. The predicted octanol–water partition coefficient (Wildman–Crippen LogP) is 2.14. The molecule has 1 fully saturated rings. The van der Waals surface area contributed by atoms with Crippen molar-refractivity contribution in [1.82, 2.24) is 15.5 Å². The number of hydrogen-bond acceptors (Lipinski definition) is 4. The lowest BCUT2D eigenvalue weighted by Gasteiger charge is -2.32. The fraction of sp³-hybridized carbons (Fsp3) is 0.591. The van der Waals surface area contributed by atoms with Gasteiger partial charge >= 0.3 is 6.09 Å². The second-order valence-corrected chi connectivity index (χ2v) is 7.66. The van der Waals surface area contributed by atoms with Gasteiger partial charge in [0.25, 0.3) is 0 Å². The molecule has 0 atom stereocenters. The molecule has 2 aliphatic rings. The summed E-state index contributed by atoms with van der Waals surface area (Å²) in [7, 11) is 1.41. The Morgan fingerprint density at radius 1 is 1.20 bits per heavy atom. The lowest BCUT2D eigenvalue weighted by atomic mass is 10.1. The van der Waals surface area contributed by atoms with Crippen LogP contribution < -0.4 is 15.5 Å². The van der Waals surface area contributed by atoms with Crippen LogP contribution in [0.2, 0.25) is 0 Å². The molecule has 2 amide bonds. The largest absolute Gasteiger partial charge is 0.453 e. The third-order valence-electron chi connectivity index (χ3n) is 5.62. The maximum atomic E-state index is 12.6. The molecule has 2 aliphatic heterocycles. The van der Waals surface area contributed by atoms with Crippen LogP contribution in [0.1, 0.15) is 38.2 Å². The molecule has 2 heterocycles. The maximum Gasteiger partial charge on any atom is 0.409 e. The number of aliphatic imine (C=N–C) groups is 1. The van der Waals surface area contributed by atoms with Crippen LogP contribution in [-0.4, -0.2) is 68.7 Å². The van der Waals surface area contributed by atoms with Crippen LogP contribution in [-0.2, 0) is 16.0 Å². The first-order valence-corrected chi connectivity index (χ1v) is 10.9. The van der Waals surface area contributed by atoms with Gasteiger partial charge in [-0.3, -0.25) is 9.79 Å². The van der Waals surface area contributed by atoms with Gasteiger partial charge in [-0.2, -0.15) is 0 Å². The minimum atomic E-state index is -0.265. The molecular formula is C22H33N5O3. The number of amides is 2. The van der Waals surface area contributed by atoms with E-state index in [-0.39, 0.29) is 18.0 Å². The number of fused-ring (bicyclic) bond motifs is 1. The number of piperidine rings is 1. The van der Waals surface area contributed by atoms with Gasteiger partial charge in [-0.25, -0.2) is 4.79 Å². The van der Waals surface area contributed by atoms with Crippen LogP contribution in [0.3, 0.4) is 0 Å². The summed E-state index contributed by atoms with van der Waals surface area (Å²) in [6.07, 6.45) is 3.59. The molecule has 0 spiro atoms. The fourth-order valence-electron chi connectivity index (χ4n) is 4.00. The maximum absolute atomic E-state index is 12.6. The fourth-order valence-corrected chi connectivity index (χ4v) is 4.00. The summed E-state index contributed by atoms with van der Waals surface area (Å²) in [5.41, 5.74) is 2.31. The van der Waals surface area contributed by atoms with Gasteiger partial charge < -0.3 is 25.2 Å². The van der Waals surface area contributed by atoms with Crippen molar-refractivity contribution >= 4 is 23.6 Å². The van der Waals surface area contributed by atoms with Gasteiger partial charge in [-0.05, 0) is 44.2 Å². The van der Waals surface area contributed by atoms with E-state index in [2.05, 4.69) is 21.7 Å². The van der Waals surface area contributed by atoms with E-state index in [9.17, 15) is 9.59 Å². The summed E-state index contributed by atoms with van der Waals surface area (Å²) in [5.74, 6) is 0.941. The minimum Gasteiger partial charge on any atom is -0.453 e. The first-order valence-electron chi connectivity index (χ1n) is 10.9. The van der Waals surface area contributed by atoms with Gasteiger partial charge in [0, 0.05) is 50.9 Å². The Bertz CT molecular complexity index is 759. The molecule has 0 aliphatic carbocycles. The van der Waals surface area contributed by atoms with Gasteiger partial charge in [0.05, 0.1) is 7.11 Å². The van der Waals surface area contributed by atoms with Crippen LogP contribution in [0.4, 0.5) is 10.5 Å². The summed E-state index contributed by atoms with van der Waals surface area (Å²) in [5, 5.41) is 6.72. The number of ether oxygens (including phenoxy) is 1. The summed E-state index contributed by atoms with van der Waals surface area (Å²) in [4.78, 5) is 32.5. The van der Waals surface area contributed by atoms with Crippen molar-refractivity contribution in [3.8, 4) is 0 Å². The van der Waals surface area contributed by atoms with E-state index in [4.69, 9.17) is 4.74 Å². The second-order valence-electron chi connectivity index (χ2n) is 7.66. The SMILES string of the molecule is CCNC(=NCCCC(=O)N1CCc2ccccc21)NC1CCN(C(=O)OC)CC1. The van der Waals surface area contributed by atoms with E-state index in [0.717, 1.165) is 50.4 Å². The molecule has 8 nitrogen and oxygen atoms in total. The average molecular weight is 416 g/mol. The zero-order chi connectivity index (χ0) is 21.3. The molecule has 0 bridgehead atoms. The number of nitrogens with one attached hydrogen (secondary N) is 2. The van der Waals surface area contributed by atoms with E-state index in [1.54, 1.807) is 4.90 Å². The molecule has 0 radical (unpaired) electrons. The number of hydrogen-bond donors (Lipinski definition) is 2. The van der Waals surface area contributed by atoms with Crippen molar-refractivity contribution in [2.24, 2.45) is 4.99 Å². The molecule has 164 valence electrons. The van der Waals surface area contributed by atoms with Crippen LogP contribution in [0.25, 0.3) is 0 Å². The number of likely N-dealkylation sites (tertiary alicyclic amines) is 1. The second kappa shape index (κ2) is 10.8. The molecule has 0 saturated carbocycles. The quantitative estimate of drug-likeness (QED) is 0.422. The lowest BCUT2D eigenvalue weighted by molar-refractivity contribution is -0.118. The topological polar surface area (TPSA) is 86.3 Å². The van der Waals surface area contributed by atoms with E-state index >= 15 is 0 Å². The summed E-state index contributed by atoms with van der Waals surface area (Å²) in [6.45, 7) is 5.53. The molecule has 8 heteroatoms. The van der Waals surface area contributed by atoms with Crippen LogP contribution in [0.5, 0.6) is 0 Å². The highest BCUT2D eigenvalue weighted by molar-refractivity contribution is 5.95. The van der Waals surface area contributed by atoms with Gasteiger partial charge in [0.15, 0.2) is 5.96 Å². The van der Waals surface area contributed by atoms with Gasteiger partial charge in [0.1, 0.15) is 0 Å². The Kier molecular flexibility index (Phi) is 7.93. The third-order valence-corrected chi connectivity index (χ3v) is 5.62. The molecule has 2 N–H and O–H groups in total. The molecule has 1 saturated heterocycles. The molecular weight excluding hydrogens is 382 g/mol. The number of nitrogens with zero attached hydrogens (tertiary/aromatic N) is 3. The van der Waals surface area contributed by atoms with Crippen molar-refractivity contribution in [3.63, 3.8) is 0 Å². The van der Waals surface area contributed by atoms with Crippen LogP contribution in [0.15, 0.2) is 29.3 Å². The number of anilines is 1. The predicted molar refractivity (Wildman–Crippen MR) is 118 cm³/mol. The third kappa shape index (κ3) is 5.64. The number of carbonyl (C=O) groups excluding carboxylic acids is 2. The summed E-state index contributed by atoms with van der Waals surface area (Å²) < 4.78 is 4.79. The first-order chi connectivity index (χ1) is 14.6. The van der Waals surface area contributed by atoms with E-state index < -0.39 is 0 Å². The highest BCUT2D eigenvalue weighted by Crippen LogP contribution is 2.28. The Hall–Kier alpha value is -2.77. The van der Waals surface area contributed by atoms with Gasteiger partial charge in [0.2, 0.25) is 5.91 Å². The Morgan fingerprint density at radius 2 is 1.97 bits per heavy atom. The number of methoxy groups -OCH3 is 1. The standard InChI is InChI=1S/C22H33N5O3/c1-3-23-21(25-18-11-14-26(15-12-18)22(29)30-2)24-13-6-9-20(28)27-16-10-17-7-4-5-8-19(17)27/h4-5,7-8,18H,3,6,9-16H2,1-2H3,(H2,23,24,25). The molecule has 1 aromatic rings. The monoisotopic (exact) mass is 415 g/mol. The zero-order valence-electron chi connectivity index (χ0n) is 18.0. The van der Waals surface area contributed by atoms with Gasteiger partial charge in [-0.15, -0.1) is 0 Å². The first kappa shape index (κ1) is 21.9. The van der Waals surface area contributed by atoms with Gasteiger partial charge in [-0.1, -0.05) is 18.2 Å². The summed E-state index contributed by atoms with van der Waals surface area (Å²) >= 11 is 0. The number of rotatable bonds is 6. The highest BCUT2D eigenvalue weighted by Gasteiger charge is 2.24. The zero-order valence-corrected chi connectivity index (χ0v) is 18.0. The minimum absolute atomic E-state index is 0.170. The molecule has 0 aromatic heterocycles. The van der Waals surface area contributed by atoms with Crippen LogP contribution in [0, 0.1) is 0 Å². The molecule has 30 heavy (non-hydrogen) atoms. The van der Waals surface area contributed by atoms with Crippen molar-refractivity contribution in [3.05, 3.63) is 29.8 Å². The van der Waals surface area contributed by atoms with Crippen molar-refractivity contribution < 1.29 is 14.3 Å². The highest BCUT2D eigenvalue weighted by atomic mass is 16.5. The Labute approximate surface area is 178 Å².